The number of aromatic nitrogens is 1. The van der Waals surface area contributed by atoms with Crippen molar-refractivity contribution in [3.05, 3.63) is 41.2 Å². The summed E-state index contributed by atoms with van der Waals surface area (Å²) < 4.78 is 1.81. The van der Waals surface area contributed by atoms with Crippen molar-refractivity contribution in [2.24, 2.45) is 0 Å². The van der Waals surface area contributed by atoms with Gasteiger partial charge in [-0.1, -0.05) is 0 Å². The standard InChI is InChI=1S/C12H10N2O2/c1-8-4-10-5-9(7-13)2-3-14(10)11(8)6-12(15)16/h2-5H,6H2,1H3,(H,15,16). The average molecular weight is 214 g/mol. The van der Waals surface area contributed by atoms with Gasteiger partial charge in [0.15, 0.2) is 0 Å². The van der Waals surface area contributed by atoms with E-state index in [4.69, 9.17) is 10.4 Å². The zero-order valence-electron chi connectivity index (χ0n) is 8.77. The minimum atomic E-state index is -0.854. The molecule has 0 spiro atoms. The molecule has 0 aliphatic rings. The summed E-state index contributed by atoms with van der Waals surface area (Å²) in [6, 6.07) is 7.37. The van der Waals surface area contributed by atoms with E-state index >= 15 is 0 Å². The van der Waals surface area contributed by atoms with Gasteiger partial charge in [-0.3, -0.25) is 4.79 Å². The number of nitrogens with zero attached hydrogens (tertiary/aromatic N) is 2. The van der Waals surface area contributed by atoms with Crippen LogP contribution in [0.25, 0.3) is 5.52 Å². The molecule has 2 rings (SSSR count). The molecule has 0 radical (unpaired) electrons. The highest BCUT2D eigenvalue weighted by molar-refractivity contribution is 5.71. The summed E-state index contributed by atoms with van der Waals surface area (Å²) in [5.74, 6) is -0.854. The SMILES string of the molecule is Cc1cc2cc(C#N)ccn2c1CC(=O)O. The minimum absolute atomic E-state index is 0.00804. The number of aryl methyl sites for hydroxylation is 1. The summed E-state index contributed by atoms with van der Waals surface area (Å²) in [6.07, 6.45) is 1.73. The quantitative estimate of drug-likeness (QED) is 0.828. The lowest BCUT2D eigenvalue weighted by atomic mass is 10.2. The van der Waals surface area contributed by atoms with Crippen molar-refractivity contribution < 1.29 is 9.90 Å². The fourth-order valence-electron chi connectivity index (χ4n) is 1.81. The highest BCUT2D eigenvalue weighted by atomic mass is 16.4. The van der Waals surface area contributed by atoms with E-state index in [1.165, 1.54) is 0 Å². The summed E-state index contributed by atoms with van der Waals surface area (Å²) in [6.45, 7) is 1.87. The monoisotopic (exact) mass is 214 g/mol. The van der Waals surface area contributed by atoms with Crippen molar-refractivity contribution >= 4 is 11.5 Å². The van der Waals surface area contributed by atoms with Crippen molar-refractivity contribution in [2.75, 3.05) is 0 Å². The van der Waals surface area contributed by atoms with Crippen LogP contribution in [-0.2, 0) is 11.2 Å². The summed E-state index contributed by atoms with van der Waals surface area (Å²) in [4.78, 5) is 10.7. The van der Waals surface area contributed by atoms with Crippen LogP contribution < -0.4 is 0 Å². The van der Waals surface area contributed by atoms with E-state index in [1.807, 2.05) is 17.4 Å². The Balaban J connectivity index is 2.63. The second kappa shape index (κ2) is 3.70. The summed E-state index contributed by atoms with van der Waals surface area (Å²) in [5.41, 5.74) is 3.11. The zero-order valence-corrected chi connectivity index (χ0v) is 8.77. The molecule has 0 unspecified atom stereocenters. The number of fused-ring (bicyclic) bond motifs is 1. The molecule has 4 heteroatoms. The van der Waals surface area contributed by atoms with E-state index in [1.54, 1.807) is 18.3 Å². The number of carboxylic acids is 1. The molecule has 4 nitrogen and oxygen atoms in total. The van der Waals surface area contributed by atoms with Crippen LogP contribution in [0.5, 0.6) is 0 Å². The van der Waals surface area contributed by atoms with Crippen LogP contribution in [0.4, 0.5) is 0 Å². The fraction of sp³-hybridized carbons (Fsp3) is 0.167. The van der Waals surface area contributed by atoms with Gasteiger partial charge in [0.25, 0.3) is 0 Å². The number of carbonyl (C=O) groups is 1. The summed E-state index contributed by atoms with van der Waals surface area (Å²) >= 11 is 0. The molecule has 0 saturated heterocycles. The molecule has 0 aliphatic heterocycles. The lowest BCUT2D eigenvalue weighted by molar-refractivity contribution is -0.136. The van der Waals surface area contributed by atoms with Gasteiger partial charge in [-0.15, -0.1) is 0 Å². The zero-order chi connectivity index (χ0) is 11.7. The van der Waals surface area contributed by atoms with E-state index in [0.717, 1.165) is 16.8 Å². The lowest BCUT2D eigenvalue weighted by Gasteiger charge is -2.01. The third kappa shape index (κ3) is 1.63. The Hall–Kier alpha value is -2.28. The van der Waals surface area contributed by atoms with E-state index < -0.39 is 5.97 Å². The predicted octanol–water partition coefficient (Wildman–Crippen LogP) is 1.75. The highest BCUT2D eigenvalue weighted by Gasteiger charge is 2.10. The van der Waals surface area contributed by atoms with Crippen LogP contribution in [0.1, 0.15) is 16.8 Å². The first-order chi connectivity index (χ1) is 7.61. The molecule has 0 saturated carbocycles. The molecule has 0 aliphatic carbocycles. The molecular weight excluding hydrogens is 204 g/mol. The minimum Gasteiger partial charge on any atom is -0.481 e. The fourth-order valence-corrected chi connectivity index (χ4v) is 1.81. The molecule has 0 atom stereocenters. The number of rotatable bonds is 2. The van der Waals surface area contributed by atoms with Crippen molar-refractivity contribution in [2.45, 2.75) is 13.3 Å². The molecule has 0 fully saturated rings. The van der Waals surface area contributed by atoms with E-state index in [-0.39, 0.29) is 6.42 Å². The second-order valence-electron chi connectivity index (χ2n) is 3.67. The first-order valence-corrected chi connectivity index (χ1v) is 4.84. The average Bonchev–Trinajstić information content (AvgIpc) is 2.54. The van der Waals surface area contributed by atoms with Crippen LogP contribution >= 0.6 is 0 Å². The van der Waals surface area contributed by atoms with Gasteiger partial charge >= 0.3 is 5.97 Å². The Bertz CT molecular complexity index is 605. The molecule has 2 heterocycles. The first kappa shape index (κ1) is 10.2. The van der Waals surface area contributed by atoms with Crippen molar-refractivity contribution in [1.82, 2.24) is 4.40 Å². The van der Waals surface area contributed by atoms with Gasteiger partial charge in [-0.05, 0) is 30.7 Å². The Labute approximate surface area is 92.4 Å². The molecule has 2 aromatic heterocycles. The number of hydrogen-bond acceptors (Lipinski definition) is 2. The maximum absolute atomic E-state index is 10.7. The van der Waals surface area contributed by atoms with E-state index in [9.17, 15) is 4.79 Å². The maximum Gasteiger partial charge on any atom is 0.309 e. The number of hydrogen-bond donors (Lipinski definition) is 1. The van der Waals surface area contributed by atoms with Crippen molar-refractivity contribution in [3.8, 4) is 6.07 Å². The Morgan fingerprint density at radius 1 is 1.56 bits per heavy atom. The number of nitriles is 1. The van der Waals surface area contributed by atoms with Gasteiger partial charge in [0.05, 0.1) is 18.1 Å². The Morgan fingerprint density at radius 3 is 2.94 bits per heavy atom. The second-order valence-corrected chi connectivity index (χ2v) is 3.67. The number of pyridine rings is 1. The third-order valence-corrected chi connectivity index (χ3v) is 2.54. The largest absolute Gasteiger partial charge is 0.481 e. The van der Waals surface area contributed by atoms with Crippen LogP contribution in [-0.4, -0.2) is 15.5 Å². The summed E-state index contributed by atoms with van der Waals surface area (Å²) in [7, 11) is 0. The Morgan fingerprint density at radius 2 is 2.31 bits per heavy atom. The first-order valence-electron chi connectivity index (χ1n) is 4.84. The molecule has 80 valence electrons. The maximum atomic E-state index is 10.7. The van der Waals surface area contributed by atoms with Gasteiger partial charge in [0, 0.05) is 17.4 Å². The topological polar surface area (TPSA) is 65.5 Å². The highest BCUT2D eigenvalue weighted by Crippen LogP contribution is 2.17. The molecule has 0 amide bonds. The molecule has 0 aromatic carbocycles. The lowest BCUT2D eigenvalue weighted by Crippen LogP contribution is -2.04. The van der Waals surface area contributed by atoms with Gasteiger partial charge in [-0.25, -0.2) is 0 Å². The smallest absolute Gasteiger partial charge is 0.309 e. The Kier molecular flexibility index (Phi) is 2.37. The van der Waals surface area contributed by atoms with Gasteiger partial charge < -0.3 is 9.51 Å². The van der Waals surface area contributed by atoms with E-state index in [2.05, 4.69) is 6.07 Å². The van der Waals surface area contributed by atoms with Gasteiger partial charge in [-0.2, -0.15) is 5.26 Å². The number of aliphatic carboxylic acids is 1. The summed E-state index contributed by atoms with van der Waals surface area (Å²) in [5, 5.41) is 17.6. The van der Waals surface area contributed by atoms with Crippen molar-refractivity contribution in [1.29, 1.82) is 5.26 Å². The van der Waals surface area contributed by atoms with Gasteiger partial charge in [0.1, 0.15) is 0 Å². The van der Waals surface area contributed by atoms with Crippen LogP contribution in [0.15, 0.2) is 24.4 Å². The molecular formula is C12H10N2O2. The van der Waals surface area contributed by atoms with Crippen LogP contribution in [0.3, 0.4) is 0 Å². The molecule has 1 N–H and O–H groups in total. The predicted molar refractivity (Wildman–Crippen MR) is 58.2 cm³/mol. The van der Waals surface area contributed by atoms with Crippen LogP contribution in [0, 0.1) is 18.3 Å². The number of carboxylic acid groups (broad SMARTS) is 1. The van der Waals surface area contributed by atoms with Gasteiger partial charge in [0.2, 0.25) is 0 Å². The molecule has 16 heavy (non-hydrogen) atoms. The molecule has 2 aromatic rings. The normalized spacial score (nSPS) is 10.2. The molecule has 0 bridgehead atoms. The van der Waals surface area contributed by atoms with Crippen molar-refractivity contribution in [3.63, 3.8) is 0 Å². The third-order valence-electron chi connectivity index (χ3n) is 2.54. The van der Waals surface area contributed by atoms with Crippen LogP contribution in [0.2, 0.25) is 0 Å². The van der Waals surface area contributed by atoms with E-state index in [0.29, 0.717) is 5.56 Å².